The smallest absolute Gasteiger partial charge is 0.146 e. The SMILES string of the molecule is CCCCCCOCc1cc(C#Cc2cc(COCCCCCC)cc(-c3ccc(-c4ccc(-c5cc(C#Cc6cc(C#C[Si](C(C)C)(C(C)C)C(C)C)cc(COCCCCCC)c6)cc(COCCCCCC)c5)cn4)nc3)c2)cc(C#C[Si](C(C)C)(C(C)C)C(C)C)c1. The van der Waals surface area contributed by atoms with Crippen LogP contribution in [0.5, 0.6) is 0 Å². The molecule has 0 N–H and O–H groups in total. The van der Waals surface area contributed by atoms with Crippen LogP contribution in [-0.4, -0.2) is 52.5 Å². The van der Waals surface area contributed by atoms with Crippen LogP contribution < -0.4 is 0 Å². The first kappa shape index (κ1) is 78.7. The summed E-state index contributed by atoms with van der Waals surface area (Å²) < 4.78 is 25.2. The van der Waals surface area contributed by atoms with Gasteiger partial charge in [0.25, 0.3) is 0 Å². The Morgan fingerprint density at radius 2 is 0.552 bits per heavy atom. The van der Waals surface area contributed by atoms with Crippen LogP contribution in [-0.2, 0) is 45.4 Å². The van der Waals surface area contributed by atoms with Gasteiger partial charge in [0.2, 0.25) is 0 Å². The van der Waals surface area contributed by atoms with Crippen LogP contribution in [0.1, 0.15) is 269 Å². The van der Waals surface area contributed by atoms with Gasteiger partial charge in [-0.3, -0.25) is 9.97 Å². The molecule has 0 saturated carbocycles. The number of rotatable bonds is 37. The Morgan fingerprint density at radius 3 is 0.802 bits per heavy atom. The fourth-order valence-electron chi connectivity index (χ4n) is 14.1. The predicted octanol–water partition coefficient (Wildman–Crippen LogP) is 23.8. The minimum absolute atomic E-state index is 0.509. The molecule has 0 radical (unpaired) electrons. The third-order valence-electron chi connectivity index (χ3n) is 19.4. The average Bonchev–Trinajstić information content (AvgIpc) is 0.816. The van der Waals surface area contributed by atoms with Crippen molar-refractivity contribution in [1.29, 1.82) is 0 Å². The molecule has 8 heteroatoms. The number of unbranched alkanes of at least 4 members (excludes halogenated alkanes) is 12. The molecule has 2 heterocycles. The van der Waals surface area contributed by atoms with Crippen molar-refractivity contribution >= 4 is 16.1 Å². The fourth-order valence-corrected chi connectivity index (χ4v) is 24.6. The normalized spacial score (nSPS) is 11.7. The van der Waals surface area contributed by atoms with Crippen LogP contribution in [0.15, 0.2) is 109 Å². The van der Waals surface area contributed by atoms with Gasteiger partial charge in [0.15, 0.2) is 0 Å². The summed E-state index contributed by atoms with van der Waals surface area (Å²) in [4.78, 5) is 10.1. The Kier molecular flexibility index (Phi) is 34.3. The molecule has 0 aliphatic carbocycles. The van der Waals surface area contributed by atoms with E-state index in [1.165, 1.54) is 77.0 Å². The molecule has 514 valence electrons. The van der Waals surface area contributed by atoms with Crippen molar-refractivity contribution in [1.82, 2.24) is 9.97 Å². The Bertz CT molecular complexity index is 3290. The van der Waals surface area contributed by atoms with E-state index in [0.717, 1.165) is 141 Å². The third-order valence-corrected chi connectivity index (χ3v) is 31.9. The zero-order valence-corrected chi connectivity index (χ0v) is 64.4. The summed E-state index contributed by atoms with van der Waals surface area (Å²) in [5, 5.41) is 0. The van der Waals surface area contributed by atoms with Crippen molar-refractivity contribution in [2.75, 3.05) is 26.4 Å². The Hall–Kier alpha value is -6.31. The number of pyridine rings is 2. The van der Waals surface area contributed by atoms with E-state index in [4.69, 9.17) is 28.9 Å². The van der Waals surface area contributed by atoms with Crippen molar-refractivity contribution in [3.05, 3.63) is 165 Å². The maximum Gasteiger partial charge on any atom is 0.146 e. The molecule has 6 rings (SSSR count). The number of nitrogens with zero attached hydrogens (tertiary/aromatic N) is 2. The van der Waals surface area contributed by atoms with E-state index in [1.54, 1.807) is 0 Å². The Labute approximate surface area is 586 Å². The van der Waals surface area contributed by atoms with Crippen molar-refractivity contribution in [3.63, 3.8) is 0 Å². The molecule has 0 amide bonds. The largest absolute Gasteiger partial charge is 0.377 e. The summed E-state index contributed by atoms with van der Waals surface area (Å²) in [6.45, 7) is 42.5. The second-order valence-corrected chi connectivity index (χ2v) is 39.9. The second-order valence-electron chi connectivity index (χ2n) is 28.8. The van der Waals surface area contributed by atoms with Gasteiger partial charge in [-0.25, -0.2) is 0 Å². The lowest BCUT2D eigenvalue weighted by Gasteiger charge is -2.38. The van der Waals surface area contributed by atoms with Crippen molar-refractivity contribution in [2.45, 2.75) is 273 Å². The Balaban J connectivity index is 1.33. The van der Waals surface area contributed by atoms with Crippen molar-refractivity contribution in [2.24, 2.45) is 0 Å². The summed E-state index contributed by atoms with van der Waals surface area (Å²) in [5.41, 5.74) is 27.0. The quantitative estimate of drug-likeness (QED) is 0.0220. The molecule has 0 bridgehead atoms. The molecule has 6 nitrogen and oxygen atoms in total. The van der Waals surface area contributed by atoms with Crippen molar-refractivity contribution in [3.8, 4) is 80.3 Å². The third kappa shape index (κ3) is 24.6. The lowest BCUT2D eigenvalue weighted by Crippen LogP contribution is -2.43. The summed E-state index contributed by atoms with van der Waals surface area (Å²) >= 11 is 0. The summed E-state index contributed by atoms with van der Waals surface area (Å²) in [7, 11) is -3.93. The number of benzene rings is 4. The first-order valence-corrected chi connectivity index (χ1v) is 41.7. The van der Waals surface area contributed by atoms with Gasteiger partial charge in [-0.2, -0.15) is 0 Å². The van der Waals surface area contributed by atoms with Gasteiger partial charge < -0.3 is 18.9 Å². The van der Waals surface area contributed by atoms with E-state index < -0.39 is 16.1 Å². The van der Waals surface area contributed by atoms with Crippen molar-refractivity contribution < 1.29 is 18.9 Å². The van der Waals surface area contributed by atoms with Gasteiger partial charge in [-0.1, -0.05) is 235 Å². The zero-order chi connectivity index (χ0) is 69.3. The summed E-state index contributed by atoms with van der Waals surface area (Å²) in [6.07, 6.45) is 22.6. The lowest BCUT2D eigenvalue weighted by molar-refractivity contribution is 0.116. The minimum Gasteiger partial charge on any atom is -0.377 e. The van der Waals surface area contributed by atoms with Gasteiger partial charge >= 0.3 is 0 Å². The molecule has 0 atom stereocenters. The van der Waals surface area contributed by atoms with E-state index in [-0.39, 0.29) is 0 Å². The highest BCUT2D eigenvalue weighted by Gasteiger charge is 2.43. The van der Waals surface area contributed by atoms with E-state index in [1.807, 2.05) is 12.4 Å². The maximum absolute atomic E-state index is 6.32. The number of aromatic nitrogens is 2. The molecule has 4 aromatic carbocycles. The van der Waals surface area contributed by atoms with Gasteiger partial charge in [0.1, 0.15) is 16.1 Å². The second kappa shape index (κ2) is 41.8. The van der Waals surface area contributed by atoms with E-state index in [2.05, 4.69) is 254 Å². The van der Waals surface area contributed by atoms with Crippen LogP contribution in [0.4, 0.5) is 0 Å². The highest BCUT2D eigenvalue weighted by molar-refractivity contribution is 6.91. The molecular formula is C88H120N2O4Si2. The van der Waals surface area contributed by atoms with Gasteiger partial charge in [-0.05, 0) is 177 Å². The van der Waals surface area contributed by atoms with Crippen LogP contribution in [0.3, 0.4) is 0 Å². The standard InChI is InChI=1S/C88H120N2O4Si2/c1-17-21-25-29-43-91-63-79-51-73(49-77(55-79)41-47-95(67(5)6,68(7)8)69(9)10)33-35-75-53-81(65-93-45-31-27-23-19-3)59-85(57-75)83-37-39-87(89-61-83)88-40-38-84(62-90-88)86-58-76(54-82(60-86)66-94-46-32-28-24-20-4)36-34-74-50-78(42-48-96(70(11)12,71(13)14)72(15)16)56-80(52-74)64-92-44-30-26-22-18-2/h37-40,49-62,67-72H,17-32,43-46,63-66H2,1-16H3. The molecule has 0 unspecified atom stereocenters. The summed E-state index contributed by atoms with van der Waals surface area (Å²) in [5.74, 6) is 21.8. The van der Waals surface area contributed by atoms with Crippen LogP contribution in [0.25, 0.3) is 33.6 Å². The average molecular weight is 1330 g/mol. The van der Waals surface area contributed by atoms with Crippen LogP contribution in [0, 0.1) is 46.6 Å². The first-order chi connectivity index (χ1) is 46.3. The lowest BCUT2D eigenvalue weighted by atomic mass is 9.99. The molecule has 96 heavy (non-hydrogen) atoms. The Morgan fingerprint density at radius 1 is 0.292 bits per heavy atom. The molecule has 0 fully saturated rings. The molecule has 0 saturated heterocycles. The molecular weight excluding hydrogens is 1210 g/mol. The minimum atomic E-state index is -1.97. The highest BCUT2D eigenvalue weighted by Crippen LogP contribution is 2.42. The van der Waals surface area contributed by atoms with Crippen LogP contribution in [0.2, 0.25) is 33.2 Å². The molecule has 0 aliphatic heterocycles. The molecule has 2 aromatic heterocycles. The number of hydrogen-bond donors (Lipinski definition) is 0. The molecule has 0 spiro atoms. The number of ether oxygens (including phenoxy) is 4. The highest BCUT2D eigenvalue weighted by atomic mass is 28.3. The predicted molar refractivity (Wildman–Crippen MR) is 414 cm³/mol. The molecule has 6 aromatic rings. The van der Waals surface area contributed by atoms with Gasteiger partial charge in [-0.15, -0.1) is 11.1 Å². The van der Waals surface area contributed by atoms with E-state index in [9.17, 15) is 0 Å². The topological polar surface area (TPSA) is 62.7 Å². The van der Waals surface area contributed by atoms with E-state index in [0.29, 0.717) is 59.7 Å². The first-order valence-electron chi connectivity index (χ1n) is 37.3. The number of hydrogen-bond acceptors (Lipinski definition) is 6. The van der Waals surface area contributed by atoms with Crippen LogP contribution >= 0.6 is 0 Å². The van der Waals surface area contributed by atoms with Gasteiger partial charge in [0, 0.05) is 83.3 Å². The zero-order valence-electron chi connectivity index (χ0n) is 62.4. The van der Waals surface area contributed by atoms with E-state index >= 15 is 0 Å². The van der Waals surface area contributed by atoms with Gasteiger partial charge in [0.05, 0.1) is 37.8 Å². The summed E-state index contributed by atoms with van der Waals surface area (Å²) in [6, 6.07) is 34.8. The fraction of sp³-hybridized carbons (Fsp3) is 0.523. The maximum atomic E-state index is 6.32. The monoisotopic (exact) mass is 1320 g/mol. The molecule has 0 aliphatic rings.